The van der Waals surface area contributed by atoms with Gasteiger partial charge in [0.25, 0.3) is 0 Å². The highest BCUT2D eigenvalue weighted by Gasteiger charge is 2.29. The molecule has 0 radical (unpaired) electrons. The van der Waals surface area contributed by atoms with E-state index < -0.39 is 0 Å². The predicted octanol–water partition coefficient (Wildman–Crippen LogP) is 3.61. The van der Waals surface area contributed by atoms with E-state index in [-0.39, 0.29) is 0 Å². The topological polar surface area (TPSA) is 0 Å². The molecule has 0 N–H and O–H groups in total. The van der Waals surface area contributed by atoms with Gasteiger partial charge in [0.05, 0.1) is 0 Å². The fraction of sp³-hybridized carbons (Fsp3) is 1.00. The van der Waals surface area contributed by atoms with Gasteiger partial charge in [-0.15, -0.1) is 0 Å². The Balaban J connectivity index is 1.93. The first-order valence-electron chi connectivity index (χ1n) is 5.36. The van der Waals surface area contributed by atoms with Crippen molar-refractivity contribution in [2.75, 3.05) is 0 Å². The molecule has 0 aromatic carbocycles. The van der Waals surface area contributed by atoms with Crippen molar-refractivity contribution in [2.24, 2.45) is 17.8 Å². The Bertz CT molecular complexity index is 128. The summed E-state index contributed by atoms with van der Waals surface area (Å²) in [4.78, 5) is 0. The highest BCUT2D eigenvalue weighted by atomic mass is 14.4. The second kappa shape index (κ2) is 3.16. The van der Waals surface area contributed by atoms with Gasteiger partial charge in [-0.05, 0) is 30.6 Å². The van der Waals surface area contributed by atoms with Crippen LogP contribution in [0.3, 0.4) is 0 Å². The fourth-order valence-electron chi connectivity index (χ4n) is 3.11. The van der Waals surface area contributed by atoms with Crippen LogP contribution >= 0.6 is 0 Å². The molecule has 0 nitrogen and oxygen atoms in total. The number of hydrogen-bond acceptors (Lipinski definition) is 0. The highest BCUT2D eigenvalue weighted by Crippen LogP contribution is 2.42. The van der Waals surface area contributed by atoms with Crippen LogP contribution in [0.5, 0.6) is 0 Å². The zero-order valence-electron chi connectivity index (χ0n) is 7.68. The largest absolute Gasteiger partial charge is 0.0625 e. The third-order valence-corrected chi connectivity index (χ3v) is 3.80. The summed E-state index contributed by atoms with van der Waals surface area (Å²) in [5.41, 5.74) is 0. The first-order valence-corrected chi connectivity index (χ1v) is 5.36. The van der Waals surface area contributed by atoms with Gasteiger partial charge in [-0.1, -0.05) is 39.0 Å². The van der Waals surface area contributed by atoms with E-state index in [1.165, 1.54) is 19.3 Å². The summed E-state index contributed by atoms with van der Waals surface area (Å²) in [5, 5.41) is 0. The molecule has 0 aromatic heterocycles. The van der Waals surface area contributed by atoms with E-state index in [0.717, 1.165) is 17.8 Å². The van der Waals surface area contributed by atoms with E-state index in [1.54, 1.807) is 25.7 Å². The molecule has 0 heteroatoms. The van der Waals surface area contributed by atoms with Gasteiger partial charge in [-0.3, -0.25) is 0 Å². The van der Waals surface area contributed by atoms with Crippen molar-refractivity contribution in [1.29, 1.82) is 0 Å². The summed E-state index contributed by atoms with van der Waals surface area (Å²) in [6.07, 6.45) is 10.8. The molecule has 0 aliphatic heterocycles. The minimum atomic E-state index is 1.04. The van der Waals surface area contributed by atoms with Crippen LogP contribution in [0, 0.1) is 17.8 Å². The Morgan fingerprint density at radius 3 is 2.36 bits per heavy atom. The molecule has 2 aliphatic rings. The molecule has 0 heterocycles. The zero-order chi connectivity index (χ0) is 7.68. The smallest absolute Gasteiger partial charge is 0.0383 e. The third-order valence-electron chi connectivity index (χ3n) is 3.80. The normalized spacial score (nSPS) is 45.0. The highest BCUT2D eigenvalue weighted by molar-refractivity contribution is 4.81. The molecule has 0 bridgehead atoms. The maximum atomic E-state index is 2.44. The summed E-state index contributed by atoms with van der Waals surface area (Å²) in [6, 6.07) is 0. The Labute approximate surface area is 70.4 Å². The van der Waals surface area contributed by atoms with E-state index in [1.807, 2.05) is 0 Å². The van der Waals surface area contributed by atoms with Gasteiger partial charge in [0.15, 0.2) is 0 Å². The van der Waals surface area contributed by atoms with Gasteiger partial charge < -0.3 is 0 Å². The molecular formula is C11H20. The Morgan fingerprint density at radius 2 is 1.55 bits per heavy atom. The Hall–Kier alpha value is 0. The molecule has 2 rings (SSSR count). The minimum absolute atomic E-state index is 1.04. The standard InChI is InChI=1S/C11H20/c1-9-6-7-10-4-2-3-5-11(10)8-9/h9-11H,2-8H2,1H3/t9-,10?,11?/m0/s1. The van der Waals surface area contributed by atoms with Crippen molar-refractivity contribution in [1.82, 2.24) is 0 Å². The second-order valence-corrected chi connectivity index (χ2v) is 4.72. The van der Waals surface area contributed by atoms with Crippen LogP contribution in [-0.2, 0) is 0 Å². The quantitative estimate of drug-likeness (QED) is 0.497. The summed E-state index contributed by atoms with van der Waals surface area (Å²) < 4.78 is 0. The minimum Gasteiger partial charge on any atom is -0.0625 e. The maximum Gasteiger partial charge on any atom is -0.0383 e. The van der Waals surface area contributed by atoms with Crippen molar-refractivity contribution in [3.05, 3.63) is 0 Å². The first kappa shape index (κ1) is 7.64. The lowest BCUT2D eigenvalue weighted by Crippen LogP contribution is -2.26. The number of hydrogen-bond donors (Lipinski definition) is 0. The summed E-state index contributed by atoms with van der Waals surface area (Å²) in [6.45, 7) is 2.44. The molecule has 0 spiro atoms. The maximum absolute atomic E-state index is 2.44. The Morgan fingerprint density at radius 1 is 0.818 bits per heavy atom. The van der Waals surface area contributed by atoms with Crippen molar-refractivity contribution >= 4 is 0 Å². The zero-order valence-corrected chi connectivity index (χ0v) is 7.68. The van der Waals surface area contributed by atoms with Crippen LogP contribution in [0.1, 0.15) is 51.9 Å². The van der Waals surface area contributed by atoms with E-state index in [9.17, 15) is 0 Å². The van der Waals surface area contributed by atoms with Crippen LogP contribution < -0.4 is 0 Å². The molecule has 0 aromatic rings. The second-order valence-electron chi connectivity index (χ2n) is 4.72. The molecule has 3 atom stereocenters. The molecule has 2 aliphatic carbocycles. The molecule has 2 fully saturated rings. The molecular weight excluding hydrogens is 132 g/mol. The summed E-state index contributed by atoms with van der Waals surface area (Å²) >= 11 is 0. The van der Waals surface area contributed by atoms with Gasteiger partial charge in [0, 0.05) is 0 Å². The van der Waals surface area contributed by atoms with Crippen molar-refractivity contribution in [3.8, 4) is 0 Å². The van der Waals surface area contributed by atoms with Gasteiger partial charge in [-0.25, -0.2) is 0 Å². The summed E-state index contributed by atoms with van der Waals surface area (Å²) in [5.74, 6) is 3.31. The van der Waals surface area contributed by atoms with E-state index in [2.05, 4.69) is 6.92 Å². The number of fused-ring (bicyclic) bond motifs is 1. The van der Waals surface area contributed by atoms with Crippen LogP contribution in [-0.4, -0.2) is 0 Å². The molecule has 64 valence electrons. The predicted molar refractivity (Wildman–Crippen MR) is 48.5 cm³/mol. The van der Waals surface area contributed by atoms with Gasteiger partial charge in [0.1, 0.15) is 0 Å². The fourth-order valence-corrected chi connectivity index (χ4v) is 3.11. The van der Waals surface area contributed by atoms with E-state index >= 15 is 0 Å². The van der Waals surface area contributed by atoms with E-state index in [4.69, 9.17) is 0 Å². The average Bonchev–Trinajstić information content (AvgIpc) is 2.04. The van der Waals surface area contributed by atoms with Crippen LogP contribution in [0.2, 0.25) is 0 Å². The first-order chi connectivity index (χ1) is 5.36. The third kappa shape index (κ3) is 1.60. The molecule has 2 saturated carbocycles. The lowest BCUT2D eigenvalue weighted by Gasteiger charge is -2.38. The van der Waals surface area contributed by atoms with Crippen molar-refractivity contribution < 1.29 is 0 Å². The Kier molecular flexibility index (Phi) is 2.20. The van der Waals surface area contributed by atoms with Crippen molar-refractivity contribution in [3.63, 3.8) is 0 Å². The SMILES string of the molecule is C[C@H]1CCC2CCCCC2C1. The molecule has 0 saturated heterocycles. The molecule has 0 amide bonds. The number of rotatable bonds is 0. The van der Waals surface area contributed by atoms with E-state index in [0.29, 0.717) is 0 Å². The summed E-state index contributed by atoms with van der Waals surface area (Å²) in [7, 11) is 0. The van der Waals surface area contributed by atoms with Gasteiger partial charge in [0.2, 0.25) is 0 Å². The van der Waals surface area contributed by atoms with Crippen LogP contribution in [0.15, 0.2) is 0 Å². The average molecular weight is 152 g/mol. The lowest BCUT2D eigenvalue weighted by atomic mass is 9.68. The van der Waals surface area contributed by atoms with Crippen LogP contribution in [0.4, 0.5) is 0 Å². The van der Waals surface area contributed by atoms with Gasteiger partial charge >= 0.3 is 0 Å². The monoisotopic (exact) mass is 152 g/mol. The lowest BCUT2D eigenvalue weighted by molar-refractivity contribution is 0.137. The molecule has 2 unspecified atom stereocenters. The van der Waals surface area contributed by atoms with Gasteiger partial charge in [-0.2, -0.15) is 0 Å². The molecule has 11 heavy (non-hydrogen) atoms. The van der Waals surface area contributed by atoms with Crippen LogP contribution in [0.25, 0.3) is 0 Å². The van der Waals surface area contributed by atoms with Crippen molar-refractivity contribution in [2.45, 2.75) is 51.9 Å².